The maximum atomic E-state index is 13.1. The van der Waals surface area contributed by atoms with E-state index in [0.29, 0.717) is 11.3 Å². The highest BCUT2D eigenvalue weighted by Crippen LogP contribution is 2.32. The SMILES string of the molecule is CC(C)c1cc(C#N)nc(C(C)C)c1CC(=O)NS(=N)(=O)c1sc(C(C)(C)O)nc1CO. The number of hydrogen-bond acceptors (Lipinski definition) is 9. The Morgan fingerprint density at radius 2 is 1.94 bits per heavy atom. The van der Waals surface area contributed by atoms with Crippen molar-refractivity contribution >= 4 is 27.2 Å². The zero-order chi connectivity index (χ0) is 24.4. The van der Waals surface area contributed by atoms with Crippen LogP contribution in [-0.4, -0.2) is 30.3 Å². The molecule has 0 aliphatic heterocycles. The molecule has 0 spiro atoms. The van der Waals surface area contributed by atoms with E-state index >= 15 is 0 Å². The molecule has 1 unspecified atom stereocenters. The summed E-state index contributed by atoms with van der Waals surface area (Å²) in [5.41, 5.74) is 0.951. The van der Waals surface area contributed by atoms with Crippen molar-refractivity contribution in [2.75, 3.05) is 0 Å². The summed E-state index contributed by atoms with van der Waals surface area (Å²) >= 11 is 0.820. The molecule has 2 aromatic heterocycles. The van der Waals surface area contributed by atoms with E-state index in [2.05, 4.69) is 14.7 Å². The van der Waals surface area contributed by atoms with Crippen molar-refractivity contribution in [1.82, 2.24) is 14.7 Å². The van der Waals surface area contributed by atoms with E-state index in [4.69, 9.17) is 4.78 Å². The highest BCUT2D eigenvalue weighted by molar-refractivity contribution is 7.93. The van der Waals surface area contributed by atoms with Crippen molar-refractivity contribution in [3.05, 3.63) is 39.3 Å². The van der Waals surface area contributed by atoms with Crippen LogP contribution in [0.2, 0.25) is 0 Å². The van der Waals surface area contributed by atoms with Gasteiger partial charge in [0, 0.05) is 5.69 Å². The number of nitriles is 1. The minimum atomic E-state index is -3.83. The summed E-state index contributed by atoms with van der Waals surface area (Å²) in [5.74, 6) is -0.689. The topological polar surface area (TPSA) is 160 Å². The Bertz CT molecular complexity index is 1130. The van der Waals surface area contributed by atoms with E-state index in [1.165, 1.54) is 13.8 Å². The van der Waals surface area contributed by atoms with Gasteiger partial charge in [-0.1, -0.05) is 27.7 Å². The number of aromatic nitrogens is 2. The lowest BCUT2D eigenvalue weighted by Crippen LogP contribution is -2.32. The number of hydrogen-bond donors (Lipinski definition) is 4. The average molecular weight is 480 g/mol. The number of aliphatic hydroxyl groups excluding tert-OH is 1. The lowest BCUT2D eigenvalue weighted by molar-refractivity contribution is -0.118. The van der Waals surface area contributed by atoms with Gasteiger partial charge in [0.25, 0.3) is 0 Å². The molecule has 0 aliphatic rings. The number of pyridine rings is 1. The second-order valence-corrected chi connectivity index (χ2v) is 11.6. The van der Waals surface area contributed by atoms with Crippen molar-refractivity contribution in [2.24, 2.45) is 0 Å². The van der Waals surface area contributed by atoms with Crippen LogP contribution < -0.4 is 4.72 Å². The Morgan fingerprint density at radius 1 is 1.31 bits per heavy atom. The Labute approximate surface area is 192 Å². The standard InChI is InChI=1S/C21H29N5O4S2/c1-11(2)14-7-13(9-22)24-18(12(3)4)15(14)8-17(28)26-32(23,30)19-16(10-27)25-20(31-19)21(5,6)29/h7,11-12,27,29H,8,10H2,1-6H3,(H2,23,26,28,30). The minimum absolute atomic E-state index is 0.0156. The van der Waals surface area contributed by atoms with E-state index in [1.807, 2.05) is 33.8 Å². The third-order valence-corrected chi connectivity index (χ3v) is 8.10. The molecule has 2 heterocycles. The largest absolute Gasteiger partial charge is 0.390 e. The molecule has 1 atom stereocenters. The van der Waals surface area contributed by atoms with Gasteiger partial charge in [-0.05, 0) is 42.9 Å². The number of aliphatic hydroxyl groups is 2. The summed E-state index contributed by atoms with van der Waals surface area (Å²) < 4.78 is 23.5. The summed E-state index contributed by atoms with van der Waals surface area (Å²) in [7, 11) is -3.83. The Hall–Kier alpha value is -2.39. The summed E-state index contributed by atoms with van der Waals surface area (Å²) in [5, 5.41) is 29.2. The highest BCUT2D eigenvalue weighted by atomic mass is 32.2. The van der Waals surface area contributed by atoms with Crippen LogP contribution in [0.15, 0.2) is 10.3 Å². The van der Waals surface area contributed by atoms with Gasteiger partial charge in [-0.2, -0.15) is 5.26 Å². The summed E-state index contributed by atoms with van der Waals surface area (Å²) in [4.78, 5) is 21.3. The predicted octanol–water partition coefficient (Wildman–Crippen LogP) is 3.06. The maximum absolute atomic E-state index is 13.1. The molecule has 174 valence electrons. The van der Waals surface area contributed by atoms with Crippen molar-refractivity contribution < 1.29 is 19.2 Å². The first-order valence-corrected chi connectivity index (χ1v) is 12.4. The van der Waals surface area contributed by atoms with E-state index in [9.17, 15) is 24.5 Å². The third kappa shape index (κ3) is 5.69. The number of nitrogens with one attached hydrogen (secondary N) is 2. The van der Waals surface area contributed by atoms with Gasteiger partial charge in [0.1, 0.15) is 26.6 Å². The quantitative estimate of drug-likeness (QED) is 0.452. The van der Waals surface area contributed by atoms with Crippen LogP contribution in [0.3, 0.4) is 0 Å². The lowest BCUT2D eigenvalue weighted by atomic mass is 9.90. The second kappa shape index (κ2) is 9.62. The van der Waals surface area contributed by atoms with E-state index in [-0.39, 0.29) is 38.9 Å². The van der Waals surface area contributed by atoms with Crippen LogP contribution in [0, 0.1) is 16.1 Å². The summed E-state index contributed by atoms with van der Waals surface area (Å²) in [6.45, 7) is 10.1. The van der Waals surface area contributed by atoms with Gasteiger partial charge in [0.2, 0.25) is 5.91 Å². The molecule has 32 heavy (non-hydrogen) atoms. The van der Waals surface area contributed by atoms with Crippen molar-refractivity contribution in [1.29, 1.82) is 10.0 Å². The van der Waals surface area contributed by atoms with E-state index in [1.54, 1.807) is 6.07 Å². The molecular formula is C21H29N5O4S2. The predicted molar refractivity (Wildman–Crippen MR) is 121 cm³/mol. The highest BCUT2D eigenvalue weighted by Gasteiger charge is 2.29. The Balaban J connectivity index is 2.43. The van der Waals surface area contributed by atoms with Gasteiger partial charge < -0.3 is 10.2 Å². The van der Waals surface area contributed by atoms with Gasteiger partial charge in [0.05, 0.1) is 18.7 Å². The monoisotopic (exact) mass is 479 g/mol. The first kappa shape index (κ1) is 25.9. The van der Waals surface area contributed by atoms with Crippen LogP contribution in [0.1, 0.15) is 86.6 Å². The molecular weight excluding hydrogens is 450 g/mol. The maximum Gasteiger partial charge on any atom is 0.237 e. The molecule has 0 saturated carbocycles. The number of thiazole rings is 1. The van der Waals surface area contributed by atoms with Crippen LogP contribution in [-0.2, 0) is 33.3 Å². The number of carbonyl (C=O) groups is 1. The van der Waals surface area contributed by atoms with Crippen LogP contribution in [0.5, 0.6) is 0 Å². The third-order valence-electron chi connectivity index (χ3n) is 4.66. The second-order valence-electron chi connectivity index (χ2n) is 8.61. The average Bonchev–Trinajstić information content (AvgIpc) is 3.13. The van der Waals surface area contributed by atoms with Gasteiger partial charge in [-0.3, -0.25) is 9.52 Å². The van der Waals surface area contributed by atoms with Gasteiger partial charge >= 0.3 is 0 Å². The van der Waals surface area contributed by atoms with Gasteiger partial charge in [-0.25, -0.2) is 19.0 Å². The number of carbonyl (C=O) groups excluding carboxylic acids is 1. The fourth-order valence-electron chi connectivity index (χ4n) is 3.18. The smallest absolute Gasteiger partial charge is 0.237 e. The van der Waals surface area contributed by atoms with E-state index in [0.717, 1.165) is 16.9 Å². The zero-order valence-electron chi connectivity index (χ0n) is 19.0. The van der Waals surface area contributed by atoms with Gasteiger partial charge in [-0.15, -0.1) is 11.3 Å². The fourth-order valence-corrected chi connectivity index (χ4v) is 5.75. The minimum Gasteiger partial charge on any atom is -0.390 e. The molecule has 0 fully saturated rings. The molecule has 11 heteroatoms. The van der Waals surface area contributed by atoms with Crippen molar-refractivity contribution in [2.45, 2.75) is 76.2 Å². The lowest BCUT2D eigenvalue weighted by Gasteiger charge is -2.19. The number of amides is 1. The molecule has 4 N–H and O–H groups in total. The zero-order valence-corrected chi connectivity index (χ0v) is 20.6. The molecule has 0 saturated heterocycles. The Kier molecular flexibility index (Phi) is 7.78. The molecule has 0 bridgehead atoms. The van der Waals surface area contributed by atoms with Gasteiger partial charge in [0.15, 0.2) is 9.92 Å². The molecule has 1 amide bonds. The van der Waals surface area contributed by atoms with E-state index < -0.39 is 28.0 Å². The summed E-state index contributed by atoms with van der Waals surface area (Å²) in [6, 6.07) is 3.70. The van der Waals surface area contributed by atoms with Crippen LogP contribution in [0.25, 0.3) is 0 Å². The van der Waals surface area contributed by atoms with Crippen LogP contribution >= 0.6 is 11.3 Å². The fraction of sp³-hybridized carbons (Fsp3) is 0.524. The normalized spacial score (nSPS) is 13.8. The molecule has 9 nitrogen and oxygen atoms in total. The Morgan fingerprint density at radius 3 is 2.41 bits per heavy atom. The number of nitrogens with zero attached hydrogens (tertiary/aromatic N) is 3. The molecule has 0 aliphatic carbocycles. The number of rotatable bonds is 8. The first-order valence-electron chi connectivity index (χ1n) is 10.1. The molecule has 0 radical (unpaired) electrons. The summed E-state index contributed by atoms with van der Waals surface area (Å²) in [6.07, 6.45) is -0.165. The molecule has 2 rings (SSSR count). The van der Waals surface area contributed by atoms with Crippen molar-refractivity contribution in [3.8, 4) is 6.07 Å². The molecule has 2 aromatic rings. The van der Waals surface area contributed by atoms with Crippen molar-refractivity contribution in [3.63, 3.8) is 0 Å². The van der Waals surface area contributed by atoms with Crippen LogP contribution in [0.4, 0.5) is 0 Å². The first-order chi connectivity index (χ1) is 14.7. The molecule has 0 aromatic carbocycles.